The van der Waals surface area contributed by atoms with E-state index in [9.17, 15) is 14.4 Å². The summed E-state index contributed by atoms with van der Waals surface area (Å²) in [6.07, 6.45) is 0.150. The lowest BCUT2D eigenvalue weighted by Gasteiger charge is -2.19. The number of amides is 2. The topological polar surface area (TPSA) is 66.5 Å². The van der Waals surface area contributed by atoms with Crippen LogP contribution in [0.2, 0.25) is 0 Å². The summed E-state index contributed by atoms with van der Waals surface area (Å²) < 4.78 is 0. The van der Waals surface area contributed by atoms with Gasteiger partial charge in [-0.15, -0.1) is 0 Å². The number of hydrogen-bond acceptors (Lipinski definition) is 3. The van der Waals surface area contributed by atoms with Crippen LogP contribution in [0, 0.1) is 5.92 Å². The molecule has 28 heavy (non-hydrogen) atoms. The molecule has 4 rings (SSSR count). The zero-order chi connectivity index (χ0) is 19.7. The van der Waals surface area contributed by atoms with Crippen molar-refractivity contribution in [1.29, 1.82) is 0 Å². The monoisotopic (exact) mass is 372 g/mol. The van der Waals surface area contributed by atoms with Crippen molar-refractivity contribution >= 4 is 39.7 Å². The third-order valence-electron chi connectivity index (χ3n) is 5.12. The smallest absolute Gasteiger partial charge is 0.229 e. The van der Waals surface area contributed by atoms with Crippen LogP contribution >= 0.6 is 0 Å². The summed E-state index contributed by atoms with van der Waals surface area (Å²) >= 11 is 0. The van der Waals surface area contributed by atoms with Crippen LogP contribution in [0.4, 0.5) is 11.4 Å². The van der Waals surface area contributed by atoms with Crippen LogP contribution in [0.3, 0.4) is 0 Å². The number of fused-ring (bicyclic) bond motifs is 1. The van der Waals surface area contributed by atoms with Gasteiger partial charge >= 0.3 is 0 Å². The molecule has 0 saturated carbocycles. The van der Waals surface area contributed by atoms with Gasteiger partial charge in [0, 0.05) is 23.9 Å². The molecular formula is C23H20N2O3. The van der Waals surface area contributed by atoms with E-state index in [1.54, 1.807) is 29.2 Å². The van der Waals surface area contributed by atoms with Gasteiger partial charge in [-0.05, 0) is 30.5 Å². The van der Waals surface area contributed by atoms with Gasteiger partial charge in [0.25, 0.3) is 0 Å². The summed E-state index contributed by atoms with van der Waals surface area (Å²) in [4.78, 5) is 38.9. The number of anilines is 2. The molecule has 0 radical (unpaired) electrons. The second-order valence-corrected chi connectivity index (χ2v) is 6.99. The Bertz CT molecular complexity index is 1080. The maximum atomic E-state index is 12.8. The zero-order valence-corrected chi connectivity index (χ0v) is 15.5. The van der Waals surface area contributed by atoms with Crippen LogP contribution in [0.1, 0.15) is 23.7 Å². The lowest BCUT2D eigenvalue weighted by Crippen LogP contribution is -2.28. The van der Waals surface area contributed by atoms with Crippen molar-refractivity contribution < 1.29 is 14.4 Å². The van der Waals surface area contributed by atoms with Crippen molar-refractivity contribution in [2.45, 2.75) is 13.3 Å². The highest BCUT2D eigenvalue weighted by Gasteiger charge is 2.36. The number of carbonyl (C=O) groups is 3. The fourth-order valence-electron chi connectivity index (χ4n) is 3.69. The minimum Gasteiger partial charge on any atom is -0.325 e. The van der Waals surface area contributed by atoms with Crippen molar-refractivity contribution in [3.8, 4) is 0 Å². The Balaban J connectivity index is 1.57. The predicted octanol–water partition coefficient (Wildman–Crippen LogP) is 4.03. The minimum absolute atomic E-state index is 0.0728. The van der Waals surface area contributed by atoms with E-state index in [0.29, 0.717) is 17.8 Å². The highest BCUT2D eigenvalue weighted by Crippen LogP contribution is 2.32. The Hall–Kier alpha value is -3.47. The van der Waals surface area contributed by atoms with Gasteiger partial charge in [-0.2, -0.15) is 0 Å². The lowest BCUT2D eigenvalue weighted by molar-refractivity contribution is -0.122. The number of benzene rings is 3. The van der Waals surface area contributed by atoms with Gasteiger partial charge in [-0.1, -0.05) is 48.5 Å². The van der Waals surface area contributed by atoms with Crippen LogP contribution in [-0.2, 0) is 9.59 Å². The Morgan fingerprint density at radius 2 is 1.68 bits per heavy atom. The largest absolute Gasteiger partial charge is 0.325 e. The molecule has 3 aromatic rings. The standard InChI is InChI=1S/C23H20N2O3/c1-15(26)18-9-4-5-11-20(18)24-23(28)17-13-22(27)25(14-17)21-12-6-8-16-7-2-3-10-19(16)21/h2-12,17H,13-14H2,1H3,(H,24,28)/t17-/m1/s1. The third-order valence-corrected chi connectivity index (χ3v) is 5.12. The first-order valence-corrected chi connectivity index (χ1v) is 9.23. The number of para-hydroxylation sites is 1. The summed E-state index contributed by atoms with van der Waals surface area (Å²) in [5, 5.41) is 4.86. The molecule has 1 aliphatic rings. The molecule has 1 aliphatic heterocycles. The van der Waals surface area contributed by atoms with E-state index in [4.69, 9.17) is 0 Å². The number of Topliss-reactive ketones (excluding diaryl/α,β-unsaturated/α-hetero) is 1. The van der Waals surface area contributed by atoms with Crippen LogP contribution in [0.25, 0.3) is 10.8 Å². The van der Waals surface area contributed by atoms with Gasteiger partial charge < -0.3 is 10.2 Å². The van der Waals surface area contributed by atoms with Crippen molar-refractivity contribution in [1.82, 2.24) is 0 Å². The molecule has 140 valence electrons. The summed E-state index contributed by atoms with van der Waals surface area (Å²) in [5.74, 6) is -0.900. The first-order valence-electron chi connectivity index (χ1n) is 9.23. The molecule has 1 fully saturated rings. The molecule has 1 heterocycles. The number of ketones is 1. The molecule has 1 N–H and O–H groups in total. The average molecular weight is 372 g/mol. The summed E-state index contributed by atoms with van der Waals surface area (Å²) in [7, 11) is 0. The maximum Gasteiger partial charge on any atom is 0.229 e. The molecule has 0 bridgehead atoms. The molecule has 1 atom stereocenters. The highest BCUT2D eigenvalue weighted by molar-refractivity contribution is 6.09. The number of rotatable bonds is 4. The highest BCUT2D eigenvalue weighted by atomic mass is 16.2. The molecule has 5 heteroatoms. The van der Waals surface area contributed by atoms with Crippen LogP contribution < -0.4 is 10.2 Å². The summed E-state index contributed by atoms with van der Waals surface area (Å²) in [5.41, 5.74) is 1.77. The summed E-state index contributed by atoms with van der Waals surface area (Å²) in [6, 6.07) is 20.6. The van der Waals surface area contributed by atoms with Gasteiger partial charge in [0.1, 0.15) is 0 Å². The summed E-state index contributed by atoms with van der Waals surface area (Å²) in [6.45, 7) is 1.78. The molecule has 0 aliphatic carbocycles. The Morgan fingerprint density at radius 1 is 0.964 bits per heavy atom. The SMILES string of the molecule is CC(=O)c1ccccc1NC(=O)[C@@H]1CC(=O)N(c2cccc3ccccc23)C1. The van der Waals surface area contributed by atoms with E-state index in [0.717, 1.165) is 16.5 Å². The third kappa shape index (κ3) is 3.27. The van der Waals surface area contributed by atoms with E-state index >= 15 is 0 Å². The first kappa shape index (κ1) is 17.9. The molecule has 0 spiro atoms. The second kappa shape index (κ2) is 7.27. The number of nitrogens with zero attached hydrogens (tertiary/aromatic N) is 1. The van der Waals surface area contributed by atoms with Crippen LogP contribution in [0.15, 0.2) is 66.7 Å². The Labute approximate surface area is 163 Å². The quantitative estimate of drug-likeness (QED) is 0.703. The van der Waals surface area contributed by atoms with E-state index in [2.05, 4.69) is 5.32 Å². The van der Waals surface area contributed by atoms with Gasteiger partial charge in [0.15, 0.2) is 5.78 Å². The first-order chi connectivity index (χ1) is 13.5. The van der Waals surface area contributed by atoms with Crippen molar-refractivity contribution in [3.63, 3.8) is 0 Å². The minimum atomic E-state index is -0.466. The van der Waals surface area contributed by atoms with E-state index in [-0.39, 0.29) is 24.0 Å². The van der Waals surface area contributed by atoms with Gasteiger partial charge in [0.2, 0.25) is 11.8 Å². The molecule has 0 unspecified atom stereocenters. The van der Waals surface area contributed by atoms with Crippen LogP contribution in [0.5, 0.6) is 0 Å². The van der Waals surface area contributed by atoms with E-state index in [1.165, 1.54) is 6.92 Å². The van der Waals surface area contributed by atoms with E-state index in [1.807, 2.05) is 42.5 Å². The van der Waals surface area contributed by atoms with Gasteiger partial charge in [-0.3, -0.25) is 14.4 Å². The lowest BCUT2D eigenvalue weighted by atomic mass is 10.1. The molecule has 5 nitrogen and oxygen atoms in total. The average Bonchev–Trinajstić information content (AvgIpc) is 3.09. The molecule has 2 amide bonds. The normalized spacial score (nSPS) is 16.4. The van der Waals surface area contributed by atoms with Crippen LogP contribution in [-0.4, -0.2) is 24.1 Å². The number of hydrogen-bond donors (Lipinski definition) is 1. The molecule has 3 aromatic carbocycles. The maximum absolute atomic E-state index is 12.8. The Morgan fingerprint density at radius 3 is 2.50 bits per heavy atom. The van der Waals surface area contributed by atoms with Crippen molar-refractivity contribution in [3.05, 3.63) is 72.3 Å². The fraction of sp³-hybridized carbons (Fsp3) is 0.174. The van der Waals surface area contributed by atoms with Crippen molar-refractivity contribution in [2.24, 2.45) is 5.92 Å². The van der Waals surface area contributed by atoms with Gasteiger partial charge in [0.05, 0.1) is 17.3 Å². The number of nitrogens with one attached hydrogen (secondary N) is 1. The fourth-order valence-corrected chi connectivity index (χ4v) is 3.69. The Kier molecular flexibility index (Phi) is 4.65. The molecular weight excluding hydrogens is 352 g/mol. The van der Waals surface area contributed by atoms with Crippen molar-refractivity contribution in [2.75, 3.05) is 16.8 Å². The van der Waals surface area contributed by atoms with Gasteiger partial charge in [-0.25, -0.2) is 0 Å². The zero-order valence-electron chi connectivity index (χ0n) is 15.5. The van der Waals surface area contributed by atoms with E-state index < -0.39 is 5.92 Å². The predicted molar refractivity (Wildman–Crippen MR) is 109 cm³/mol. The molecule has 0 aromatic heterocycles. The molecule has 1 saturated heterocycles. The second-order valence-electron chi connectivity index (χ2n) is 6.99. The number of carbonyl (C=O) groups excluding carboxylic acids is 3.